The molecule has 2 aliphatic rings. The van der Waals surface area contributed by atoms with Gasteiger partial charge < -0.3 is 10.6 Å². The zero-order valence-corrected chi connectivity index (χ0v) is 8.56. The van der Waals surface area contributed by atoms with Crippen LogP contribution in [0.15, 0.2) is 0 Å². The minimum absolute atomic E-state index is 0.788. The lowest BCUT2D eigenvalue weighted by molar-refractivity contribution is 0.273. The fraction of sp³-hybridized carbons (Fsp3) is 1.00. The second-order valence-electron chi connectivity index (χ2n) is 3.77. The molecule has 2 aliphatic heterocycles. The maximum Gasteiger partial charge on any atom is 0.0233 e. The smallest absolute Gasteiger partial charge is 0.0233 e. The Morgan fingerprint density at radius 1 is 1.08 bits per heavy atom. The van der Waals surface area contributed by atoms with Gasteiger partial charge in [0, 0.05) is 12.6 Å². The van der Waals surface area contributed by atoms with Crippen molar-refractivity contribution in [3.8, 4) is 0 Å². The maximum atomic E-state index is 3.57. The van der Waals surface area contributed by atoms with Crippen molar-refractivity contribution in [1.29, 1.82) is 0 Å². The summed E-state index contributed by atoms with van der Waals surface area (Å²) in [5.41, 5.74) is 0. The highest BCUT2D eigenvalue weighted by Crippen LogP contribution is 2.22. The van der Waals surface area contributed by atoms with Crippen LogP contribution in [0, 0.1) is 11.8 Å². The molecule has 0 saturated carbocycles. The van der Waals surface area contributed by atoms with Crippen LogP contribution in [-0.4, -0.2) is 25.7 Å². The first-order chi connectivity index (χ1) is 5.86. The quantitative estimate of drug-likeness (QED) is 0.571. The third-order valence-corrected chi connectivity index (χ3v) is 2.77. The van der Waals surface area contributed by atoms with Crippen molar-refractivity contribution in [3.63, 3.8) is 0 Å². The summed E-state index contributed by atoms with van der Waals surface area (Å²) >= 11 is 0. The number of rotatable bonds is 0. The summed E-state index contributed by atoms with van der Waals surface area (Å²) in [6.07, 6.45) is 1.42. The molecule has 3 unspecified atom stereocenters. The van der Waals surface area contributed by atoms with Crippen molar-refractivity contribution in [2.45, 2.75) is 33.2 Å². The monoisotopic (exact) mass is 170 g/mol. The lowest BCUT2D eigenvalue weighted by Gasteiger charge is -2.30. The zero-order chi connectivity index (χ0) is 8.97. The van der Waals surface area contributed by atoms with Crippen LogP contribution in [-0.2, 0) is 0 Å². The molecule has 2 rings (SSSR count). The molecule has 0 amide bonds. The number of hydrogen-bond acceptors (Lipinski definition) is 2. The molecular formula is C10H22N2. The van der Waals surface area contributed by atoms with Crippen LogP contribution in [0.3, 0.4) is 0 Å². The van der Waals surface area contributed by atoms with E-state index in [9.17, 15) is 0 Å². The molecule has 2 heterocycles. The van der Waals surface area contributed by atoms with Crippen LogP contribution >= 0.6 is 0 Å². The van der Waals surface area contributed by atoms with Crippen molar-refractivity contribution in [2.75, 3.05) is 19.6 Å². The van der Waals surface area contributed by atoms with E-state index in [4.69, 9.17) is 0 Å². The minimum atomic E-state index is 0.788. The number of hydrogen-bond donors (Lipinski definition) is 2. The molecule has 2 fully saturated rings. The van der Waals surface area contributed by atoms with Crippen molar-refractivity contribution in [3.05, 3.63) is 0 Å². The average Bonchev–Trinajstić information content (AvgIpc) is 2.54. The average molecular weight is 170 g/mol. The van der Waals surface area contributed by atoms with E-state index in [1.165, 1.54) is 26.1 Å². The van der Waals surface area contributed by atoms with Crippen LogP contribution < -0.4 is 10.6 Å². The van der Waals surface area contributed by atoms with Crippen LogP contribution in [0.1, 0.15) is 27.2 Å². The Labute approximate surface area is 76.1 Å². The molecule has 0 radical (unpaired) electrons. The van der Waals surface area contributed by atoms with Gasteiger partial charge in [-0.15, -0.1) is 0 Å². The lowest BCUT2D eigenvalue weighted by atomic mass is 9.88. The first-order valence-corrected chi connectivity index (χ1v) is 5.30. The summed E-state index contributed by atoms with van der Waals surface area (Å²) in [5, 5.41) is 6.99. The Kier molecular flexibility index (Phi) is 4.02. The van der Waals surface area contributed by atoms with E-state index >= 15 is 0 Å². The summed E-state index contributed by atoms with van der Waals surface area (Å²) in [6, 6.07) is 0.788. The molecule has 72 valence electrons. The Morgan fingerprint density at radius 3 is 2.58 bits per heavy atom. The van der Waals surface area contributed by atoms with Crippen molar-refractivity contribution in [2.24, 2.45) is 11.8 Å². The van der Waals surface area contributed by atoms with Gasteiger partial charge in [-0.25, -0.2) is 0 Å². The van der Waals surface area contributed by atoms with Gasteiger partial charge in [0.2, 0.25) is 0 Å². The molecule has 0 bridgehead atoms. The number of piperidine rings is 1. The van der Waals surface area contributed by atoms with Gasteiger partial charge in [0.05, 0.1) is 0 Å². The number of nitrogens with one attached hydrogen (secondary N) is 2. The molecule has 2 nitrogen and oxygen atoms in total. The SMILES string of the molecule is CC.CC1CNC2CNCC2C1. The highest BCUT2D eigenvalue weighted by atomic mass is 15.1. The third-order valence-electron chi connectivity index (χ3n) is 2.77. The van der Waals surface area contributed by atoms with Crippen molar-refractivity contribution in [1.82, 2.24) is 10.6 Å². The third kappa shape index (κ3) is 2.20. The lowest BCUT2D eigenvalue weighted by Crippen LogP contribution is -2.44. The van der Waals surface area contributed by atoms with E-state index in [0.717, 1.165) is 17.9 Å². The van der Waals surface area contributed by atoms with Gasteiger partial charge in [0.1, 0.15) is 0 Å². The molecule has 2 saturated heterocycles. The van der Waals surface area contributed by atoms with Gasteiger partial charge in [-0.2, -0.15) is 0 Å². The first kappa shape index (κ1) is 10.0. The predicted molar refractivity (Wildman–Crippen MR) is 53.3 cm³/mol. The van der Waals surface area contributed by atoms with Crippen LogP contribution in [0.4, 0.5) is 0 Å². The largest absolute Gasteiger partial charge is 0.315 e. The molecule has 0 aromatic rings. The van der Waals surface area contributed by atoms with E-state index in [0.29, 0.717) is 0 Å². The second-order valence-corrected chi connectivity index (χ2v) is 3.77. The van der Waals surface area contributed by atoms with Gasteiger partial charge in [-0.05, 0) is 31.3 Å². The van der Waals surface area contributed by atoms with Crippen LogP contribution in [0.25, 0.3) is 0 Å². The van der Waals surface area contributed by atoms with Crippen LogP contribution in [0.5, 0.6) is 0 Å². The Morgan fingerprint density at radius 2 is 1.83 bits per heavy atom. The summed E-state index contributed by atoms with van der Waals surface area (Å²) < 4.78 is 0. The molecule has 0 spiro atoms. The molecule has 0 aromatic heterocycles. The molecule has 2 N–H and O–H groups in total. The Balaban J connectivity index is 0.000000336. The molecule has 0 aliphatic carbocycles. The maximum absolute atomic E-state index is 3.57. The molecule has 2 heteroatoms. The topological polar surface area (TPSA) is 24.1 Å². The minimum Gasteiger partial charge on any atom is -0.315 e. The van der Waals surface area contributed by atoms with Gasteiger partial charge in [-0.1, -0.05) is 20.8 Å². The standard InChI is InChI=1S/C8H16N2.C2H6/c1-6-2-7-4-9-5-8(7)10-3-6;1-2/h6-10H,2-5H2,1H3;1-2H3. The number of fused-ring (bicyclic) bond motifs is 1. The van der Waals surface area contributed by atoms with E-state index in [1.54, 1.807) is 0 Å². The molecule has 3 atom stereocenters. The van der Waals surface area contributed by atoms with Crippen molar-refractivity contribution < 1.29 is 0 Å². The summed E-state index contributed by atoms with van der Waals surface area (Å²) in [4.78, 5) is 0. The van der Waals surface area contributed by atoms with E-state index in [2.05, 4.69) is 17.6 Å². The van der Waals surface area contributed by atoms with Crippen molar-refractivity contribution >= 4 is 0 Å². The van der Waals surface area contributed by atoms with E-state index in [1.807, 2.05) is 13.8 Å². The molecule has 0 aromatic carbocycles. The highest BCUT2D eigenvalue weighted by molar-refractivity contribution is 4.91. The molecule has 12 heavy (non-hydrogen) atoms. The summed E-state index contributed by atoms with van der Waals surface area (Å²) in [6.45, 7) is 9.99. The molecular weight excluding hydrogens is 148 g/mol. The first-order valence-electron chi connectivity index (χ1n) is 5.30. The predicted octanol–water partition coefficient (Wildman–Crippen LogP) is 1.23. The van der Waals surface area contributed by atoms with E-state index < -0.39 is 0 Å². The van der Waals surface area contributed by atoms with Gasteiger partial charge >= 0.3 is 0 Å². The summed E-state index contributed by atoms with van der Waals surface area (Å²) in [5.74, 6) is 1.81. The normalized spacial score (nSPS) is 39.8. The fourth-order valence-corrected chi connectivity index (χ4v) is 2.17. The highest BCUT2D eigenvalue weighted by Gasteiger charge is 2.31. The fourth-order valence-electron chi connectivity index (χ4n) is 2.17. The zero-order valence-electron chi connectivity index (χ0n) is 8.56. The summed E-state index contributed by atoms with van der Waals surface area (Å²) in [7, 11) is 0. The van der Waals surface area contributed by atoms with Gasteiger partial charge in [0.15, 0.2) is 0 Å². The van der Waals surface area contributed by atoms with Gasteiger partial charge in [0.25, 0.3) is 0 Å². The Bertz CT molecular complexity index is 125. The Hall–Kier alpha value is -0.0800. The van der Waals surface area contributed by atoms with E-state index in [-0.39, 0.29) is 0 Å². The van der Waals surface area contributed by atoms with Crippen LogP contribution in [0.2, 0.25) is 0 Å². The van der Waals surface area contributed by atoms with Gasteiger partial charge in [-0.3, -0.25) is 0 Å². The second kappa shape index (κ2) is 4.83.